The van der Waals surface area contributed by atoms with E-state index in [1.165, 1.54) is 0 Å². The molecule has 1 unspecified atom stereocenters. The minimum atomic E-state index is -1.48. The molecule has 1 saturated carbocycles. The number of nitrogens with two attached hydrogens (primary N) is 1. The van der Waals surface area contributed by atoms with Crippen molar-refractivity contribution in [3.8, 4) is 0 Å². The summed E-state index contributed by atoms with van der Waals surface area (Å²) in [5.74, 6) is 0. The second kappa shape index (κ2) is 4.59. The lowest BCUT2D eigenvalue weighted by atomic mass is 9.87. The first-order chi connectivity index (χ1) is 8.45. The van der Waals surface area contributed by atoms with E-state index in [0.717, 1.165) is 5.56 Å². The first-order valence-electron chi connectivity index (χ1n) is 5.86. The number of aliphatic hydroxyl groups is 2. The van der Waals surface area contributed by atoms with E-state index < -0.39 is 17.3 Å². The molecule has 18 heavy (non-hydrogen) atoms. The van der Waals surface area contributed by atoms with Crippen LogP contribution in [0.2, 0.25) is 0 Å². The van der Waals surface area contributed by atoms with Gasteiger partial charge in [0, 0.05) is 6.42 Å². The Balaban J connectivity index is 2.12. The van der Waals surface area contributed by atoms with Gasteiger partial charge in [0.25, 0.3) is 0 Å². The Morgan fingerprint density at radius 1 is 1.39 bits per heavy atom. The number of ether oxygens (including phenoxy) is 1. The van der Waals surface area contributed by atoms with Crippen molar-refractivity contribution in [3.05, 3.63) is 35.9 Å². The molecule has 0 heterocycles. The van der Waals surface area contributed by atoms with E-state index >= 15 is 0 Å². The molecule has 98 valence electrons. The number of amides is 1. The van der Waals surface area contributed by atoms with E-state index in [-0.39, 0.29) is 13.0 Å². The van der Waals surface area contributed by atoms with Gasteiger partial charge in [-0.25, -0.2) is 4.79 Å². The van der Waals surface area contributed by atoms with Gasteiger partial charge in [0.05, 0.1) is 5.60 Å². The van der Waals surface area contributed by atoms with E-state index in [1.54, 1.807) is 0 Å². The van der Waals surface area contributed by atoms with Crippen LogP contribution in [0, 0.1) is 0 Å². The quantitative estimate of drug-likeness (QED) is 0.713. The summed E-state index contributed by atoms with van der Waals surface area (Å²) in [7, 11) is 0. The van der Waals surface area contributed by atoms with Gasteiger partial charge in [0.2, 0.25) is 0 Å². The molecule has 5 heteroatoms. The Bertz CT molecular complexity index is 430. The molecule has 1 fully saturated rings. The molecule has 1 amide bonds. The highest BCUT2D eigenvalue weighted by Gasteiger charge is 2.58. The Morgan fingerprint density at radius 2 is 2.00 bits per heavy atom. The molecule has 0 saturated heterocycles. The highest BCUT2D eigenvalue weighted by molar-refractivity contribution is 5.64. The fourth-order valence-electron chi connectivity index (χ4n) is 2.06. The van der Waals surface area contributed by atoms with Crippen molar-refractivity contribution >= 4 is 6.09 Å². The zero-order valence-corrected chi connectivity index (χ0v) is 10.0. The van der Waals surface area contributed by atoms with Gasteiger partial charge in [-0.15, -0.1) is 0 Å². The average Bonchev–Trinajstić information content (AvgIpc) is 3.08. The SMILES string of the molecule is NC(=O)OCC(O)(Cc1ccccc1)C1(O)CC1. The highest BCUT2D eigenvalue weighted by Crippen LogP contribution is 2.46. The van der Waals surface area contributed by atoms with Crippen LogP contribution in [0.4, 0.5) is 4.79 Å². The minimum absolute atomic E-state index is 0.220. The van der Waals surface area contributed by atoms with Crippen molar-refractivity contribution in [2.24, 2.45) is 5.73 Å². The normalized spacial score (nSPS) is 19.9. The van der Waals surface area contributed by atoms with E-state index in [1.807, 2.05) is 30.3 Å². The molecule has 4 N–H and O–H groups in total. The summed E-state index contributed by atoms with van der Waals surface area (Å²) in [6.07, 6.45) is 0.264. The predicted octanol–water partition coefficient (Wildman–Crippen LogP) is 0.580. The Labute approximate surface area is 105 Å². The van der Waals surface area contributed by atoms with Crippen LogP contribution in [0.15, 0.2) is 30.3 Å². The van der Waals surface area contributed by atoms with Crippen LogP contribution in [0.1, 0.15) is 18.4 Å². The first-order valence-corrected chi connectivity index (χ1v) is 5.86. The third-order valence-corrected chi connectivity index (χ3v) is 3.38. The molecule has 0 aromatic heterocycles. The topological polar surface area (TPSA) is 92.8 Å². The van der Waals surface area contributed by atoms with E-state index in [0.29, 0.717) is 12.8 Å². The molecular weight excluding hydrogens is 234 g/mol. The Morgan fingerprint density at radius 3 is 2.50 bits per heavy atom. The van der Waals surface area contributed by atoms with Gasteiger partial charge in [-0.1, -0.05) is 30.3 Å². The Hall–Kier alpha value is -1.59. The van der Waals surface area contributed by atoms with Crippen LogP contribution in [0.3, 0.4) is 0 Å². The van der Waals surface area contributed by atoms with Gasteiger partial charge in [0.15, 0.2) is 0 Å². The average molecular weight is 251 g/mol. The molecule has 2 rings (SSSR count). The number of rotatable bonds is 5. The highest BCUT2D eigenvalue weighted by atomic mass is 16.6. The summed E-state index contributed by atoms with van der Waals surface area (Å²) >= 11 is 0. The molecule has 0 radical (unpaired) electrons. The van der Waals surface area contributed by atoms with Crippen molar-refractivity contribution in [1.82, 2.24) is 0 Å². The summed E-state index contributed by atoms with van der Waals surface area (Å²) in [6.45, 7) is -0.298. The number of carbonyl (C=O) groups excluding carboxylic acids is 1. The molecular formula is C13H17NO4. The first kappa shape index (κ1) is 12.9. The van der Waals surface area contributed by atoms with Crippen molar-refractivity contribution in [2.45, 2.75) is 30.5 Å². The lowest BCUT2D eigenvalue weighted by Crippen LogP contribution is -2.51. The lowest BCUT2D eigenvalue weighted by Gasteiger charge is -2.32. The van der Waals surface area contributed by atoms with Crippen LogP contribution in [-0.4, -0.2) is 34.1 Å². The predicted molar refractivity (Wildman–Crippen MR) is 64.8 cm³/mol. The number of primary amides is 1. The maximum absolute atomic E-state index is 10.7. The molecule has 1 aromatic rings. The Kier molecular flexibility index (Phi) is 3.28. The third-order valence-electron chi connectivity index (χ3n) is 3.38. The zero-order chi connectivity index (χ0) is 13.2. The summed E-state index contributed by atoms with van der Waals surface area (Å²) in [6, 6.07) is 9.26. The molecule has 0 bridgehead atoms. The maximum Gasteiger partial charge on any atom is 0.404 e. The van der Waals surface area contributed by atoms with E-state index in [2.05, 4.69) is 4.74 Å². The summed E-state index contributed by atoms with van der Waals surface area (Å²) < 4.78 is 4.67. The van der Waals surface area contributed by atoms with Crippen molar-refractivity contribution in [1.29, 1.82) is 0 Å². The molecule has 1 aliphatic carbocycles. The van der Waals surface area contributed by atoms with Gasteiger partial charge >= 0.3 is 6.09 Å². The van der Waals surface area contributed by atoms with E-state index in [9.17, 15) is 15.0 Å². The third kappa shape index (κ3) is 2.63. The largest absolute Gasteiger partial charge is 0.447 e. The summed E-state index contributed by atoms with van der Waals surface area (Å²) in [5.41, 5.74) is 3.11. The molecule has 1 atom stereocenters. The van der Waals surface area contributed by atoms with Gasteiger partial charge in [-0.05, 0) is 18.4 Å². The monoisotopic (exact) mass is 251 g/mol. The standard InChI is InChI=1S/C13H17NO4/c14-11(15)18-9-13(17,12(16)6-7-12)8-10-4-2-1-3-5-10/h1-5,16-17H,6-9H2,(H2,14,15). The zero-order valence-electron chi connectivity index (χ0n) is 10.0. The summed E-state index contributed by atoms with van der Waals surface area (Å²) in [4.78, 5) is 10.7. The lowest BCUT2D eigenvalue weighted by molar-refractivity contribution is -0.120. The van der Waals surface area contributed by atoms with Crippen LogP contribution >= 0.6 is 0 Å². The van der Waals surface area contributed by atoms with Crippen LogP contribution in [0.25, 0.3) is 0 Å². The minimum Gasteiger partial charge on any atom is -0.447 e. The second-order valence-corrected chi connectivity index (χ2v) is 4.83. The van der Waals surface area contributed by atoms with Crippen molar-refractivity contribution < 1.29 is 19.7 Å². The van der Waals surface area contributed by atoms with Gasteiger partial charge in [-0.3, -0.25) is 0 Å². The molecule has 0 spiro atoms. The molecule has 0 aliphatic heterocycles. The van der Waals surface area contributed by atoms with E-state index in [4.69, 9.17) is 5.73 Å². The van der Waals surface area contributed by atoms with Gasteiger partial charge < -0.3 is 20.7 Å². The van der Waals surface area contributed by atoms with Crippen LogP contribution in [0.5, 0.6) is 0 Å². The second-order valence-electron chi connectivity index (χ2n) is 4.83. The number of hydrogen-bond donors (Lipinski definition) is 3. The number of hydrogen-bond acceptors (Lipinski definition) is 4. The number of carbonyl (C=O) groups is 1. The molecule has 5 nitrogen and oxygen atoms in total. The molecule has 1 aliphatic rings. The van der Waals surface area contributed by atoms with Crippen LogP contribution in [-0.2, 0) is 11.2 Å². The van der Waals surface area contributed by atoms with Crippen molar-refractivity contribution in [2.75, 3.05) is 6.61 Å². The summed E-state index contributed by atoms with van der Waals surface area (Å²) in [5, 5.41) is 20.7. The van der Waals surface area contributed by atoms with Gasteiger partial charge in [0.1, 0.15) is 12.2 Å². The fraction of sp³-hybridized carbons (Fsp3) is 0.462. The van der Waals surface area contributed by atoms with Crippen LogP contribution < -0.4 is 5.73 Å². The maximum atomic E-state index is 10.7. The van der Waals surface area contributed by atoms with Crippen molar-refractivity contribution in [3.63, 3.8) is 0 Å². The fourth-order valence-corrected chi connectivity index (χ4v) is 2.06. The molecule has 1 aromatic carbocycles. The smallest absolute Gasteiger partial charge is 0.404 e. The number of benzene rings is 1. The van der Waals surface area contributed by atoms with Gasteiger partial charge in [-0.2, -0.15) is 0 Å².